The summed E-state index contributed by atoms with van der Waals surface area (Å²) in [5.41, 5.74) is 0.662. The molecule has 3 unspecified atom stereocenters. The predicted molar refractivity (Wildman–Crippen MR) is 113 cm³/mol. The topological polar surface area (TPSA) is 115 Å². The summed E-state index contributed by atoms with van der Waals surface area (Å²) in [7, 11) is 0. The molecule has 6 heteroatoms. The van der Waals surface area contributed by atoms with Gasteiger partial charge in [-0.25, -0.2) is 9.59 Å². The third-order valence-corrected chi connectivity index (χ3v) is 4.29. The van der Waals surface area contributed by atoms with Crippen molar-refractivity contribution in [2.45, 2.75) is 46.3 Å². The van der Waals surface area contributed by atoms with E-state index in [-0.39, 0.29) is 24.0 Å². The Hall–Kier alpha value is -2.70. The van der Waals surface area contributed by atoms with Crippen LogP contribution in [0.15, 0.2) is 60.7 Å². The minimum atomic E-state index is -0.879. The molecular formula is C23H32O6. The molecule has 0 amide bonds. The van der Waals surface area contributed by atoms with Gasteiger partial charge in [-0.05, 0) is 36.6 Å². The van der Waals surface area contributed by atoms with E-state index in [0.29, 0.717) is 17.5 Å². The Bertz CT molecular complexity index is 650. The van der Waals surface area contributed by atoms with Crippen molar-refractivity contribution in [3.8, 4) is 0 Å². The zero-order chi connectivity index (χ0) is 22.4. The number of hydrogen-bond acceptors (Lipinski definition) is 4. The lowest BCUT2D eigenvalue weighted by Gasteiger charge is -2.25. The molecule has 0 saturated carbocycles. The average molecular weight is 405 g/mol. The summed E-state index contributed by atoms with van der Waals surface area (Å²) >= 11 is 0. The van der Waals surface area contributed by atoms with Crippen molar-refractivity contribution >= 4 is 11.9 Å². The number of carbonyl (C=O) groups is 2. The van der Waals surface area contributed by atoms with Gasteiger partial charge in [0.15, 0.2) is 0 Å². The summed E-state index contributed by atoms with van der Waals surface area (Å²) in [4.78, 5) is 20.4. The molecule has 0 aliphatic heterocycles. The molecule has 0 aliphatic carbocycles. The van der Waals surface area contributed by atoms with Crippen LogP contribution in [0.5, 0.6) is 0 Å². The first-order chi connectivity index (χ1) is 13.6. The van der Waals surface area contributed by atoms with Gasteiger partial charge in [0.05, 0.1) is 23.3 Å². The van der Waals surface area contributed by atoms with Crippen molar-refractivity contribution in [1.82, 2.24) is 0 Å². The van der Waals surface area contributed by atoms with Gasteiger partial charge < -0.3 is 20.4 Å². The van der Waals surface area contributed by atoms with Crippen LogP contribution in [0, 0.1) is 11.8 Å². The lowest BCUT2D eigenvalue weighted by Crippen LogP contribution is -2.32. The van der Waals surface area contributed by atoms with Crippen LogP contribution < -0.4 is 0 Å². The van der Waals surface area contributed by atoms with Crippen LogP contribution >= 0.6 is 0 Å². The summed E-state index contributed by atoms with van der Waals surface area (Å²) in [6, 6.07) is 16.6. The molecule has 0 spiro atoms. The van der Waals surface area contributed by atoms with Crippen molar-refractivity contribution in [3.63, 3.8) is 0 Å². The number of aromatic carboxylic acids is 2. The fraction of sp³-hybridized carbons (Fsp3) is 0.391. The van der Waals surface area contributed by atoms with Gasteiger partial charge in [-0.3, -0.25) is 0 Å². The molecule has 2 aromatic carbocycles. The van der Waals surface area contributed by atoms with Crippen molar-refractivity contribution in [2.24, 2.45) is 11.8 Å². The number of hydrogen-bond donors (Lipinski definition) is 4. The third kappa shape index (κ3) is 11.0. The highest BCUT2D eigenvalue weighted by Crippen LogP contribution is 2.17. The zero-order valence-corrected chi connectivity index (χ0v) is 17.4. The van der Waals surface area contributed by atoms with Crippen LogP contribution in [0.3, 0.4) is 0 Å². The van der Waals surface area contributed by atoms with Crippen LogP contribution in [0.25, 0.3) is 0 Å². The maximum atomic E-state index is 10.2. The van der Waals surface area contributed by atoms with E-state index in [1.54, 1.807) is 60.7 Å². The maximum absolute atomic E-state index is 10.2. The maximum Gasteiger partial charge on any atom is 0.335 e. The first-order valence-electron chi connectivity index (χ1n) is 9.54. The molecule has 4 N–H and O–H groups in total. The van der Waals surface area contributed by atoms with Gasteiger partial charge in [-0.2, -0.15) is 0 Å². The van der Waals surface area contributed by atoms with E-state index in [1.807, 2.05) is 27.7 Å². The lowest BCUT2D eigenvalue weighted by molar-refractivity contribution is -0.00323. The van der Waals surface area contributed by atoms with Crippen LogP contribution in [-0.2, 0) is 0 Å². The Morgan fingerprint density at radius 1 is 0.759 bits per heavy atom. The molecule has 0 bridgehead atoms. The summed E-state index contributed by atoms with van der Waals surface area (Å²) in [5, 5.41) is 35.7. The van der Waals surface area contributed by atoms with Gasteiger partial charge in [-0.15, -0.1) is 0 Å². The van der Waals surface area contributed by atoms with E-state index in [4.69, 9.17) is 10.2 Å². The van der Waals surface area contributed by atoms with Crippen molar-refractivity contribution in [2.75, 3.05) is 0 Å². The minimum Gasteiger partial charge on any atom is -0.478 e. The van der Waals surface area contributed by atoms with Crippen molar-refractivity contribution in [1.29, 1.82) is 0 Å². The predicted octanol–water partition coefficient (Wildman–Crippen LogP) is 4.18. The van der Waals surface area contributed by atoms with Crippen molar-refractivity contribution in [3.05, 3.63) is 71.8 Å². The highest BCUT2D eigenvalue weighted by molar-refractivity contribution is 5.87. The molecule has 160 valence electrons. The molecule has 0 heterocycles. The third-order valence-electron chi connectivity index (χ3n) is 4.29. The Balaban J connectivity index is 0.000000408. The van der Waals surface area contributed by atoms with Gasteiger partial charge in [0.25, 0.3) is 0 Å². The second-order valence-corrected chi connectivity index (χ2v) is 6.91. The van der Waals surface area contributed by atoms with E-state index in [0.717, 1.165) is 0 Å². The van der Waals surface area contributed by atoms with Crippen molar-refractivity contribution < 1.29 is 30.0 Å². The van der Waals surface area contributed by atoms with E-state index in [9.17, 15) is 19.8 Å². The molecule has 2 rings (SSSR count). The first-order valence-corrected chi connectivity index (χ1v) is 9.54. The quantitative estimate of drug-likeness (QED) is 0.574. The highest BCUT2D eigenvalue weighted by atomic mass is 16.4. The van der Waals surface area contributed by atoms with E-state index < -0.39 is 11.9 Å². The Morgan fingerprint density at radius 3 is 1.31 bits per heavy atom. The SMILES string of the molecule is CCC(O)C(C)C(O)C(C)C.O=C(O)c1ccccc1.O=C(O)c1ccccc1. The zero-order valence-electron chi connectivity index (χ0n) is 17.4. The average Bonchev–Trinajstić information content (AvgIpc) is 2.74. The number of benzene rings is 2. The summed E-state index contributed by atoms with van der Waals surface area (Å²) < 4.78 is 0. The molecule has 3 atom stereocenters. The normalized spacial score (nSPS) is 13.1. The number of rotatable bonds is 6. The molecule has 0 aromatic heterocycles. The first kappa shape index (κ1) is 26.3. The van der Waals surface area contributed by atoms with E-state index >= 15 is 0 Å². The molecule has 0 fully saturated rings. The Labute approximate surface area is 172 Å². The van der Waals surface area contributed by atoms with Gasteiger partial charge in [-0.1, -0.05) is 64.1 Å². The molecule has 2 aromatic rings. The summed E-state index contributed by atoms with van der Waals surface area (Å²) in [6.07, 6.45) is -0.0392. The molecule has 0 radical (unpaired) electrons. The monoisotopic (exact) mass is 404 g/mol. The van der Waals surface area contributed by atoms with Gasteiger partial charge in [0.1, 0.15) is 0 Å². The van der Waals surface area contributed by atoms with Crippen LogP contribution in [0.1, 0.15) is 54.8 Å². The second-order valence-electron chi connectivity index (χ2n) is 6.91. The second kappa shape index (κ2) is 14.3. The smallest absolute Gasteiger partial charge is 0.335 e. The number of carboxylic acid groups (broad SMARTS) is 2. The summed E-state index contributed by atoms with van der Waals surface area (Å²) in [6.45, 7) is 7.74. The number of aliphatic hydroxyl groups excluding tert-OH is 2. The largest absolute Gasteiger partial charge is 0.478 e. The van der Waals surface area contributed by atoms with Crippen LogP contribution in [-0.4, -0.2) is 44.6 Å². The molecule has 0 saturated heterocycles. The Kier molecular flexibility index (Phi) is 13.0. The fourth-order valence-corrected chi connectivity index (χ4v) is 2.37. The van der Waals surface area contributed by atoms with Crippen LogP contribution in [0.2, 0.25) is 0 Å². The van der Waals surface area contributed by atoms with Gasteiger partial charge in [0.2, 0.25) is 0 Å². The standard InChI is InChI=1S/C9H20O2.2C7H6O2/c1-5-8(10)7(4)9(11)6(2)3;2*8-7(9)6-4-2-1-3-5-6/h6-11H,5H2,1-4H3;2*1-5H,(H,8,9). The summed E-state index contributed by atoms with van der Waals surface area (Å²) in [5.74, 6) is -1.54. The highest BCUT2D eigenvalue weighted by Gasteiger charge is 2.23. The molecular weight excluding hydrogens is 372 g/mol. The van der Waals surface area contributed by atoms with E-state index in [1.165, 1.54) is 0 Å². The van der Waals surface area contributed by atoms with E-state index in [2.05, 4.69) is 0 Å². The Morgan fingerprint density at radius 2 is 1.10 bits per heavy atom. The van der Waals surface area contributed by atoms with Gasteiger partial charge in [0, 0.05) is 5.92 Å². The fourth-order valence-electron chi connectivity index (χ4n) is 2.37. The molecule has 29 heavy (non-hydrogen) atoms. The molecule has 6 nitrogen and oxygen atoms in total. The lowest BCUT2D eigenvalue weighted by atomic mass is 9.89. The van der Waals surface area contributed by atoms with Crippen LogP contribution in [0.4, 0.5) is 0 Å². The minimum absolute atomic E-state index is 0.0139. The number of carboxylic acids is 2. The number of aliphatic hydroxyl groups is 2. The molecule has 0 aliphatic rings. The van der Waals surface area contributed by atoms with Gasteiger partial charge >= 0.3 is 11.9 Å².